The molecule has 178 valence electrons. The third-order valence-corrected chi connectivity index (χ3v) is 6.97. The van der Waals surface area contributed by atoms with Gasteiger partial charge in [-0.2, -0.15) is 5.10 Å². The number of ether oxygens (including phenoxy) is 1. The second-order valence-corrected chi connectivity index (χ2v) is 9.34. The fourth-order valence-corrected chi connectivity index (χ4v) is 4.73. The van der Waals surface area contributed by atoms with Crippen molar-refractivity contribution in [2.45, 2.75) is 25.9 Å². The van der Waals surface area contributed by atoms with Crippen molar-refractivity contribution < 1.29 is 19.1 Å². The topological polar surface area (TPSA) is 93.6 Å². The van der Waals surface area contributed by atoms with Crippen LogP contribution in [0.4, 0.5) is 5.69 Å². The number of rotatable bonds is 5. The lowest BCUT2D eigenvalue weighted by Crippen LogP contribution is -2.36. The van der Waals surface area contributed by atoms with E-state index >= 15 is 0 Å². The number of halogens is 1. The lowest BCUT2D eigenvalue weighted by atomic mass is 10.1. The molecule has 34 heavy (non-hydrogen) atoms. The molecule has 4 aromatic rings. The maximum absolute atomic E-state index is 12.1. The number of hydrogen-bond donors (Lipinski definition) is 1. The van der Waals surface area contributed by atoms with Gasteiger partial charge in [-0.25, -0.2) is 14.5 Å². The summed E-state index contributed by atoms with van der Waals surface area (Å²) in [5.41, 5.74) is 4.75. The predicted octanol–water partition coefficient (Wildman–Crippen LogP) is 5.99. The summed E-state index contributed by atoms with van der Waals surface area (Å²) in [6.07, 6.45) is 0. The van der Waals surface area contributed by atoms with Gasteiger partial charge in [-0.05, 0) is 28.0 Å². The van der Waals surface area contributed by atoms with Gasteiger partial charge in [0.05, 0.1) is 24.6 Å². The number of pyridine rings is 1. The number of carboxylic acid groups (broad SMARTS) is 1. The van der Waals surface area contributed by atoms with Crippen molar-refractivity contribution in [1.29, 1.82) is 0 Å². The summed E-state index contributed by atoms with van der Waals surface area (Å²) in [4.78, 5) is 18.9. The first-order chi connectivity index (χ1) is 16.5. The Bertz CT molecular complexity index is 1310. The fourth-order valence-electron chi connectivity index (χ4n) is 3.81. The Kier molecular flexibility index (Phi) is 7.79. The molecule has 0 radical (unpaired) electrons. The van der Waals surface area contributed by atoms with Gasteiger partial charge in [0.25, 0.3) is 0 Å². The summed E-state index contributed by atoms with van der Waals surface area (Å²) < 4.78 is 12.9. The zero-order valence-corrected chi connectivity index (χ0v) is 22.1. The zero-order valence-electron chi connectivity index (χ0n) is 19.1. The second-order valence-electron chi connectivity index (χ2n) is 7.46. The van der Waals surface area contributed by atoms with Gasteiger partial charge in [0.1, 0.15) is 5.52 Å². The van der Waals surface area contributed by atoms with Crippen LogP contribution in [0.2, 0.25) is 0 Å². The number of aromatic nitrogens is 3. The molecule has 0 atom stereocenters. The van der Waals surface area contributed by atoms with Crippen LogP contribution in [0.25, 0.3) is 28.2 Å². The van der Waals surface area contributed by atoms with Crippen LogP contribution in [0.5, 0.6) is 0 Å². The van der Waals surface area contributed by atoms with Crippen LogP contribution in [-0.2, 0) is 4.74 Å². The van der Waals surface area contributed by atoms with Crippen LogP contribution < -0.4 is 4.90 Å². The summed E-state index contributed by atoms with van der Waals surface area (Å²) >= 11 is 2.17. The minimum Gasteiger partial charge on any atom is -0.477 e. The predicted molar refractivity (Wildman–Crippen MR) is 143 cm³/mol. The van der Waals surface area contributed by atoms with Crippen LogP contribution in [0.15, 0.2) is 52.0 Å². The smallest absolute Gasteiger partial charge is 0.354 e. The molecule has 1 saturated heterocycles. The molecule has 4 heterocycles. The van der Waals surface area contributed by atoms with Gasteiger partial charge in [-0.1, -0.05) is 37.6 Å². The van der Waals surface area contributed by atoms with Crippen LogP contribution in [0, 0.1) is 6.92 Å². The molecule has 1 fully saturated rings. The molecule has 5 rings (SSSR count). The van der Waals surface area contributed by atoms with Gasteiger partial charge in [-0.3, -0.25) is 0 Å². The van der Waals surface area contributed by atoms with E-state index in [0.717, 1.165) is 21.9 Å². The first-order valence-corrected chi connectivity index (χ1v) is 14.4. The molecule has 0 unspecified atom stereocenters. The van der Waals surface area contributed by atoms with Crippen molar-refractivity contribution in [3.63, 3.8) is 0 Å². The number of benzene rings is 1. The highest BCUT2D eigenvalue weighted by Crippen LogP contribution is 2.37. The molecule has 0 spiro atoms. The van der Waals surface area contributed by atoms with E-state index < -0.39 is 5.97 Å². The highest BCUT2D eigenvalue weighted by atomic mass is 127. The van der Waals surface area contributed by atoms with E-state index in [1.54, 1.807) is 6.07 Å². The van der Waals surface area contributed by atoms with E-state index in [2.05, 4.69) is 31.2 Å². The molecule has 0 amide bonds. The van der Waals surface area contributed by atoms with Crippen molar-refractivity contribution in [3.05, 3.63) is 53.7 Å². The van der Waals surface area contributed by atoms with Crippen molar-refractivity contribution in [1.82, 2.24) is 14.8 Å². The van der Waals surface area contributed by atoms with Crippen LogP contribution in [-0.4, -0.2) is 52.1 Å². The van der Waals surface area contributed by atoms with Crippen LogP contribution in [0.1, 0.15) is 29.9 Å². The third-order valence-electron chi connectivity index (χ3n) is 5.31. The maximum atomic E-state index is 12.1. The Morgan fingerprint density at radius 3 is 2.59 bits per heavy atom. The van der Waals surface area contributed by atoms with E-state index in [9.17, 15) is 9.90 Å². The van der Waals surface area contributed by atoms with Gasteiger partial charge in [0.2, 0.25) is 0 Å². The highest BCUT2D eigenvalue weighted by molar-refractivity contribution is 14.2. The van der Waals surface area contributed by atoms with Crippen molar-refractivity contribution >= 4 is 52.9 Å². The number of hydrogen-bond acceptors (Lipinski definition) is 7. The molecule has 10 heteroatoms. The number of aryl methyl sites for hydroxylation is 1. The van der Waals surface area contributed by atoms with Crippen molar-refractivity contribution in [2.24, 2.45) is 0 Å². The zero-order chi connectivity index (χ0) is 24.2. The Morgan fingerprint density at radius 1 is 1.15 bits per heavy atom. The minimum absolute atomic E-state index is 0.0493. The Hall–Kier alpha value is -2.57. The van der Waals surface area contributed by atoms with Gasteiger partial charge in [0.15, 0.2) is 22.2 Å². The molecular formula is C24H25IN4O4S. The molecule has 1 aliphatic rings. The van der Waals surface area contributed by atoms with Gasteiger partial charge >= 0.3 is 5.97 Å². The second kappa shape index (κ2) is 10.8. The summed E-state index contributed by atoms with van der Waals surface area (Å²) in [5, 5.41) is 15.2. The highest BCUT2D eigenvalue weighted by Gasteiger charge is 2.23. The van der Waals surface area contributed by atoms with Gasteiger partial charge < -0.3 is 19.2 Å². The number of morpholine rings is 1. The number of aromatic carboxylic acids is 1. The third kappa shape index (κ3) is 4.93. The number of fused-ring (bicyclic) bond motifs is 1. The van der Waals surface area contributed by atoms with E-state index in [1.165, 1.54) is 13.6 Å². The number of anilines is 1. The largest absolute Gasteiger partial charge is 0.477 e. The van der Waals surface area contributed by atoms with Gasteiger partial charge in [-0.15, -0.1) is 0 Å². The summed E-state index contributed by atoms with van der Waals surface area (Å²) in [6, 6.07) is 13.1. The Morgan fingerprint density at radius 2 is 1.91 bits per heavy atom. The molecule has 1 aliphatic heterocycles. The summed E-state index contributed by atoms with van der Waals surface area (Å²) in [6.45, 7) is 8.65. The molecule has 1 aromatic carbocycles. The lowest BCUT2D eigenvalue weighted by molar-refractivity contribution is 0.0686. The summed E-state index contributed by atoms with van der Waals surface area (Å²) in [5.74, 6) is -0.636. The molecule has 1 N–H and O–H groups in total. The van der Waals surface area contributed by atoms with Crippen molar-refractivity contribution in [3.8, 4) is 17.1 Å². The number of carboxylic acids is 1. The first-order valence-electron chi connectivity index (χ1n) is 11.0. The average molecular weight is 592 g/mol. The molecule has 0 aliphatic carbocycles. The molecule has 3 aromatic heterocycles. The van der Waals surface area contributed by atoms with E-state index in [1.807, 2.05) is 57.2 Å². The number of furan rings is 1. The van der Waals surface area contributed by atoms with E-state index in [-0.39, 0.29) is 5.69 Å². The molecule has 0 bridgehead atoms. The van der Waals surface area contributed by atoms with Gasteiger partial charge in [0, 0.05) is 52.0 Å². The fraction of sp³-hybridized carbons (Fsp3) is 0.292. The standard InChI is InChI=1S/C22H19IN4O4S.C2H6/c1-13-3-2-4-14(9-13)15-10-18(22(28)29)27(25-15)19-12-17(26-5-7-30-8-6-26)21-16(24-19)11-20(31-21)32-23;1-2/h2-4,9-12H,5-8H2,1H3,(H,28,29);1-2H3. The van der Waals surface area contributed by atoms with E-state index in [4.69, 9.17) is 14.1 Å². The Balaban J connectivity index is 0.00000133. The molecular weight excluding hydrogens is 567 g/mol. The quantitative estimate of drug-likeness (QED) is 0.283. The SMILES string of the molecule is CC.Cc1cccc(-c2cc(C(=O)O)n(-c3cc(N4CCOCC4)c4oc(SI)cc4n3)n2)c1. The lowest BCUT2D eigenvalue weighted by Gasteiger charge is -2.29. The monoisotopic (exact) mass is 592 g/mol. The van der Waals surface area contributed by atoms with Crippen molar-refractivity contribution in [2.75, 3.05) is 31.2 Å². The Labute approximate surface area is 213 Å². The summed E-state index contributed by atoms with van der Waals surface area (Å²) in [7, 11) is 1.47. The molecule has 8 nitrogen and oxygen atoms in total. The minimum atomic E-state index is -1.07. The normalized spacial score (nSPS) is 13.6. The number of carbonyl (C=O) groups is 1. The number of nitrogens with zero attached hydrogens (tertiary/aromatic N) is 4. The molecule has 0 saturated carbocycles. The first kappa shape index (κ1) is 24.6. The maximum Gasteiger partial charge on any atom is 0.354 e. The van der Waals surface area contributed by atoms with E-state index in [0.29, 0.717) is 48.9 Å². The van der Waals surface area contributed by atoms with Crippen LogP contribution in [0.3, 0.4) is 0 Å². The average Bonchev–Trinajstić information content (AvgIpc) is 3.50. The van der Waals surface area contributed by atoms with Crippen LogP contribution >= 0.6 is 30.1 Å².